The Morgan fingerprint density at radius 1 is 1.12 bits per heavy atom. The molecule has 0 fully saturated rings. The average Bonchev–Trinajstić information content (AvgIpc) is 2.95. The molecule has 1 heterocycles. The Morgan fingerprint density at radius 2 is 1.85 bits per heavy atom. The van der Waals surface area contributed by atoms with Crippen molar-refractivity contribution in [3.05, 3.63) is 75.9 Å². The molecular formula is C19H17Cl2N3O2. The third-order valence-electron chi connectivity index (χ3n) is 3.72. The molecule has 7 heteroatoms. The lowest BCUT2D eigenvalue weighted by Crippen LogP contribution is -2.21. The summed E-state index contributed by atoms with van der Waals surface area (Å²) in [4.78, 5) is 12.1. The number of amides is 1. The molecule has 0 aliphatic heterocycles. The topological polar surface area (TPSA) is 56.1 Å². The lowest BCUT2D eigenvalue weighted by Gasteiger charge is -2.08. The maximum Gasteiger partial charge on any atom is 0.263 e. The molecule has 0 saturated carbocycles. The normalized spacial score (nSPS) is 10.6. The zero-order valence-corrected chi connectivity index (χ0v) is 15.6. The molecule has 0 spiro atoms. The highest BCUT2D eigenvalue weighted by molar-refractivity contribution is 6.33. The van der Waals surface area contributed by atoms with Crippen molar-refractivity contribution in [2.45, 2.75) is 13.5 Å². The Morgan fingerprint density at radius 3 is 2.62 bits per heavy atom. The molecule has 1 amide bonds. The number of benzene rings is 2. The van der Waals surface area contributed by atoms with E-state index in [1.165, 1.54) is 0 Å². The first-order valence-corrected chi connectivity index (χ1v) is 8.73. The van der Waals surface area contributed by atoms with E-state index in [1.807, 2.05) is 55.5 Å². The molecular weight excluding hydrogens is 373 g/mol. The SMILES string of the molecule is Cc1ccccc1OCC(=O)Nc1nn(Cc2ccccc2Cl)cc1Cl. The number of ether oxygens (including phenoxy) is 1. The van der Waals surface area contributed by atoms with Crippen LogP contribution in [0.15, 0.2) is 54.7 Å². The maximum absolute atomic E-state index is 12.1. The van der Waals surface area contributed by atoms with E-state index >= 15 is 0 Å². The van der Waals surface area contributed by atoms with E-state index in [0.29, 0.717) is 22.3 Å². The Hall–Kier alpha value is -2.50. The summed E-state index contributed by atoms with van der Waals surface area (Å²) in [5, 5.41) is 7.95. The number of aromatic nitrogens is 2. The predicted octanol–water partition coefficient (Wildman–Crippen LogP) is 4.56. The molecule has 134 valence electrons. The molecule has 0 saturated heterocycles. The van der Waals surface area contributed by atoms with Gasteiger partial charge in [-0.3, -0.25) is 9.48 Å². The summed E-state index contributed by atoms with van der Waals surface area (Å²) < 4.78 is 7.15. The minimum absolute atomic E-state index is 0.126. The van der Waals surface area contributed by atoms with E-state index in [1.54, 1.807) is 10.9 Å². The number of hydrogen-bond acceptors (Lipinski definition) is 3. The van der Waals surface area contributed by atoms with Crippen LogP contribution < -0.4 is 10.1 Å². The first-order valence-electron chi connectivity index (χ1n) is 7.97. The predicted molar refractivity (Wildman–Crippen MR) is 103 cm³/mol. The van der Waals surface area contributed by atoms with Crippen molar-refractivity contribution in [1.29, 1.82) is 0 Å². The zero-order chi connectivity index (χ0) is 18.5. The molecule has 3 rings (SSSR count). The van der Waals surface area contributed by atoms with Crippen molar-refractivity contribution < 1.29 is 9.53 Å². The number of nitrogens with one attached hydrogen (secondary N) is 1. The number of aryl methyl sites for hydroxylation is 1. The highest BCUT2D eigenvalue weighted by Crippen LogP contribution is 2.22. The number of nitrogens with zero attached hydrogens (tertiary/aromatic N) is 2. The summed E-state index contributed by atoms with van der Waals surface area (Å²) in [5.41, 5.74) is 1.87. The fourth-order valence-electron chi connectivity index (χ4n) is 2.39. The maximum atomic E-state index is 12.1. The summed E-state index contributed by atoms with van der Waals surface area (Å²) in [6, 6.07) is 15.0. The Kier molecular flexibility index (Phi) is 5.81. The smallest absolute Gasteiger partial charge is 0.263 e. The van der Waals surface area contributed by atoms with Crippen LogP contribution in [0.1, 0.15) is 11.1 Å². The fraction of sp³-hybridized carbons (Fsp3) is 0.158. The second-order valence-electron chi connectivity index (χ2n) is 5.72. The molecule has 26 heavy (non-hydrogen) atoms. The summed E-state index contributed by atoms with van der Waals surface area (Å²) in [6.45, 7) is 2.24. The number of carbonyl (C=O) groups is 1. The quantitative estimate of drug-likeness (QED) is 0.671. The van der Waals surface area contributed by atoms with Gasteiger partial charge in [0.1, 0.15) is 10.8 Å². The molecule has 5 nitrogen and oxygen atoms in total. The van der Waals surface area contributed by atoms with Gasteiger partial charge in [-0.15, -0.1) is 0 Å². The monoisotopic (exact) mass is 389 g/mol. The van der Waals surface area contributed by atoms with E-state index in [0.717, 1.165) is 11.1 Å². The number of anilines is 1. The standard InChI is InChI=1S/C19H17Cl2N3O2/c1-13-6-2-5-9-17(13)26-12-18(25)22-19-16(21)11-24(23-19)10-14-7-3-4-8-15(14)20/h2-9,11H,10,12H2,1H3,(H,22,23,25). The van der Waals surface area contributed by atoms with E-state index in [9.17, 15) is 4.79 Å². The molecule has 1 N–H and O–H groups in total. The van der Waals surface area contributed by atoms with Crippen LogP contribution in [-0.4, -0.2) is 22.3 Å². The van der Waals surface area contributed by atoms with Crippen molar-refractivity contribution in [1.82, 2.24) is 9.78 Å². The summed E-state index contributed by atoms with van der Waals surface area (Å²) in [5.74, 6) is 0.619. The van der Waals surface area contributed by atoms with Crippen LogP contribution in [0.2, 0.25) is 10.0 Å². The zero-order valence-electron chi connectivity index (χ0n) is 14.1. The van der Waals surface area contributed by atoms with Gasteiger partial charge in [-0.1, -0.05) is 59.6 Å². The van der Waals surface area contributed by atoms with E-state index in [-0.39, 0.29) is 18.3 Å². The summed E-state index contributed by atoms with van der Waals surface area (Å²) in [6.07, 6.45) is 1.64. The Labute approximate surface area is 161 Å². The Bertz CT molecular complexity index is 925. The van der Waals surface area contributed by atoms with E-state index in [2.05, 4.69) is 10.4 Å². The highest BCUT2D eigenvalue weighted by Gasteiger charge is 2.12. The lowest BCUT2D eigenvalue weighted by atomic mass is 10.2. The number of rotatable bonds is 6. The van der Waals surface area contributed by atoms with Gasteiger partial charge in [0.25, 0.3) is 5.91 Å². The van der Waals surface area contributed by atoms with Crippen molar-refractivity contribution in [2.24, 2.45) is 0 Å². The second-order valence-corrected chi connectivity index (χ2v) is 6.53. The molecule has 3 aromatic rings. The minimum Gasteiger partial charge on any atom is -0.483 e. The number of para-hydroxylation sites is 1. The minimum atomic E-state index is -0.335. The first-order chi connectivity index (χ1) is 12.5. The Balaban J connectivity index is 1.61. The van der Waals surface area contributed by atoms with Crippen molar-refractivity contribution in [3.63, 3.8) is 0 Å². The third-order valence-corrected chi connectivity index (χ3v) is 4.36. The molecule has 2 aromatic carbocycles. The molecule has 0 radical (unpaired) electrons. The van der Waals surface area contributed by atoms with Crippen molar-refractivity contribution in [2.75, 3.05) is 11.9 Å². The van der Waals surface area contributed by atoms with Crippen LogP contribution in [0, 0.1) is 6.92 Å². The third kappa shape index (κ3) is 4.56. The van der Waals surface area contributed by atoms with Crippen LogP contribution in [0.4, 0.5) is 5.82 Å². The summed E-state index contributed by atoms with van der Waals surface area (Å²) >= 11 is 12.3. The molecule has 0 atom stereocenters. The fourth-order valence-corrected chi connectivity index (χ4v) is 2.79. The van der Waals surface area contributed by atoms with E-state index in [4.69, 9.17) is 27.9 Å². The first kappa shape index (κ1) is 18.3. The van der Waals surface area contributed by atoms with Gasteiger partial charge in [0, 0.05) is 11.2 Å². The number of hydrogen-bond donors (Lipinski definition) is 1. The van der Waals surface area contributed by atoms with Gasteiger partial charge in [-0.25, -0.2) is 0 Å². The molecule has 0 unspecified atom stereocenters. The largest absolute Gasteiger partial charge is 0.483 e. The van der Waals surface area contributed by atoms with E-state index < -0.39 is 0 Å². The van der Waals surface area contributed by atoms with Crippen LogP contribution in [0.25, 0.3) is 0 Å². The highest BCUT2D eigenvalue weighted by atomic mass is 35.5. The summed E-state index contributed by atoms with van der Waals surface area (Å²) in [7, 11) is 0. The van der Waals surface area contributed by atoms with Gasteiger partial charge in [0.05, 0.1) is 6.54 Å². The van der Waals surface area contributed by atoms with Gasteiger partial charge >= 0.3 is 0 Å². The second kappa shape index (κ2) is 8.25. The molecule has 0 aliphatic carbocycles. The number of halogens is 2. The molecule has 0 bridgehead atoms. The van der Waals surface area contributed by atoms with Crippen LogP contribution in [-0.2, 0) is 11.3 Å². The molecule has 1 aromatic heterocycles. The van der Waals surface area contributed by atoms with Gasteiger partial charge in [0.2, 0.25) is 0 Å². The van der Waals surface area contributed by atoms with Crippen LogP contribution >= 0.6 is 23.2 Å². The number of carbonyl (C=O) groups excluding carboxylic acids is 1. The van der Waals surface area contributed by atoms with Gasteiger partial charge in [-0.05, 0) is 30.2 Å². The molecule has 0 aliphatic rings. The van der Waals surface area contributed by atoms with Gasteiger partial charge in [0.15, 0.2) is 12.4 Å². The van der Waals surface area contributed by atoms with Crippen molar-refractivity contribution >= 4 is 34.9 Å². The average molecular weight is 390 g/mol. The van der Waals surface area contributed by atoms with Gasteiger partial charge in [-0.2, -0.15) is 5.10 Å². The lowest BCUT2D eigenvalue weighted by molar-refractivity contribution is -0.118. The van der Waals surface area contributed by atoms with Gasteiger partial charge < -0.3 is 10.1 Å². The van der Waals surface area contributed by atoms with Crippen molar-refractivity contribution in [3.8, 4) is 5.75 Å². The van der Waals surface area contributed by atoms with Crippen LogP contribution in [0.5, 0.6) is 5.75 Å². The van der Waals surface area contributed by atoms with Crippen LogP contribution in [0.3, 0.4) is 0 Å².